The molecule has 2 N–H and O–H groups in total. The number of carbonyl (C=O) groups is 2. The first-order valence-electron chi connectivity index (χ1n) is 3.18. The Labute approximate surface area is 93.0 Å². The minimum atomic E-state index is -1.06. The van der Waals surface area contributed by atoms with Gasteiger partial charge in [0.15, 0.2) is 0 Å². The molecule has 5 heteroatoms. The van der Waals surface area contributed by atoms with Crippen LogP contribution in [-0.4, -0.2) is 48.0 Å². The van der Waals surface area contributed by atoms with Crippen LogP contribution in [0.2, 0.25) is 0 Å². The number of aromatic carboxylic acids is 2. The average Bonchev–Trinajstić information content (AvgIpc) is 2.04. The summed E-state index contributed by atoms with van der Waals surface area (Å²) >= 11 is 0. The summed E-state index contributed by atoms with van der Waals surface area (Å²) in [5.41, 5.74) is 0.167. The molecule has 4 nitrogen and oxygen atoms in total. The van der Waals surface area contributed by atoms with E-state index in [1.54, 1.807) is 0 Å². The van der Waals surface area contributed by atoms with Gasteiger partial charge < -0.3 is 10.2 Å². The van der Waals surface area contributed by atoms with Crippen LogP contribution in [0, 0.1) is 0 Å². The molecule has 1 aromatic carbocycles. The van der Waals surface area contributed by atoms with Gasteiger partial charge >= 0.3 is 37.8 Å². The first-order chi connectivity index (χ1) is 5.61. The molecule has 1 rings (SSSR count). The van der Waals surface area contributed by atoms with Crippen LogP contribution in [-0.2, 0) is 0 Å². The molecule has 0 radical (unpaired) electrons. The zero-order chi connectivity index (χ0) is 9.14. The first-order valence-corrected chi connectivity index (χ1v) is 3.18. The van der Waals surface area contributed by atoms with Crippen LogP contribution in [0.25, 0.3) is 0 Å². The Bertz CT molecular complexity index is 284. The molecular formula is C8H6InO4+3. The molecule has 0 atom stereocenters. The molecule has 0 bridgehead atoms. The van der Waals surface area contributed by atoms with Gasteiger partial charge in [-0.25, -0.2) is 9.59 Å². The van der Waals surface area contributed by atoms with Gasteiger partial charge in [0.25, 0.3) is 0 Å². The fourth-order valence-electron chi connectivity index (χ4n) is 0.755. The Kier molecular flexibility index (Phi) is 4.55. The van der Waals surface area contributed by atoms with Gasteiger partial charge in [-0.1, -0.05) is 0 Å². The number of rotatable bonds is 2. The molecule has 0 saturated heterocycles. The second-order valence-electron chi connectivity index (χ2n) is 2.19. The molecule has 0 aliphatic carbocycles. The van der Waals surface area contributed by atoms with E-state index in [1.165, 1.54) is 24.3 Å². The predicted molar refractivity (Wildman–Crippen MR) is 46.1 cm³/mol. The SMILES string of the molecule is O=C(O)c1ccc(C(=O)O)cc1.[In+3]. The van der Waals surface area contributed by atoms with Crippen LogP contribution in [0.1, 0.15) is 20.7 Å². The molecule has 0 fully saturated rings. The maximum absolute atomic E-state index is 10.3. The first kappa shape index (κ1) is 12.0. The van der Waals surface area contributed by atoms with Gasteiger partial charge in [0, 0.05) is 0 Å². The van der Waals surface area contributed by atoms with Crippen molar-refractivity contribution in [2.45, 2.75) is 0 Å². The monoisotopic (exact) mass is 281 g/mol. The van der Waals surface area contributed by atoms with Crippen molar-refractivity contribution in [2.24, 2.45) is 0 Å². The van der Waals surface area contributed by atoms with Crippen molar-refractivity contribution in [1.82, 2.24) is 0 Å². The molecule has 0 aliphatic rings. The summed E-state index contributed by atoms with van der Waals surface area (Å²) in [5.74, 6) is -2.13. The van der Waals surface area contributed by atoms with Crippen LogP contribution in [0.15, 0.2) is 24.3 Å². The third-order valence-corrected chi connectivity index (χ3v) is 1.38. The van der Waals surface area contributed by atoms with Gasteiger partial charge in [-0.3, -0.25) is 0 Å². The number of hydrogen-bond donors (Lipinski definition) is 2. The predicted octanol–water partition coefficient (Wildman–Crippen LogP) is 0.702. The molecule has 0 amide bonds. The van der Waals surface area contributed by atoms with E-state index in [9.17, 15) is 9.59 Å². The molecule has 0 aromatic heterocycles. The zero-order valence-corrected chi connectivity index (χ0v) is 9.89. The number of carboxylic acids is 2. The molecule has 13 heavy (non-hydrogen) atoms. The van der Waals surface area contributed by atoms with E-state index in [1.807, 2.05) is 0 Å². The van der Waals surface area contributed by atoms with Crippen molar-refractivity contribution in [2.75, 3.05) is 0 Å². The van der Waals surface area contributed by atoms with Gasteiger partial charge in [-0.15, -0.1) is 0 Å². The van der Waals surface area contributed by atoms with Crippen LogP contribution >= 0.6 is 0 Å². The van der Waals surface area contributed by atoms with Crippen LogP contribution in [0.4, 0.5) is 0 Å². The summed E-state index contributed by atoms with van der Waals surface area (Å²) in [4.78, 5) is 20.7. The Hall–Kier alpha value is -0.970. The third kappa shape index (κ3) is 3.10. The van der Waals surface area contributed by atoms with Crippen molar-refractivity contribution in [3.05, 3.63) is 35.4 Å². The van der Waals surface area contributed by atoms with Gasteiger partial charge in [-0.2, -0.15) is 0 Å². The van der Waals surface area contributed by atoms with E-state index in [0.29, 0.717) is 0 Å². The fraction of sp³-hybridized carbons (Fsp3) is 0. The van der Waals surface area contributed by atoms with Crippen molar-refractivity contribution in [3.63, 3.8) is 0 Å². The maximum atomic E-state index is 10.3. The van der Waals surface area contributed by atoms with Crippen LogP contribution in [0.5, 0.6) is 0 Å². The molecule has 0 aliphatic heterocycles. The van der Waals surface area contributed by atoms with Crippen LogP contribution in [0.3, 0.4) is 0 Å². The smallest absolute Gasteiger partial charge is 0.478 e. The van der Waals surface area contributed by atoms with E-state index in [0.717, 1.165) is 0 Å². The largest absolute Gasteiger partial charge is 3.00 e. The summed E-state index contributed by atoms with van der Waals surface area (Å²) in [6.45, 7) is 0. The maximum Gasteiger partial charge on any atom is 3.00 e. The number of hydrogen-bond acceptors (Lipinski definition) is 2. The molecule has 0 heterocycles. The van der Waals surface area contributed by atoms with Crippen molar-refractivity contribution in [3.8, 4) is 0 Å². The van der Waals surface area contributed by atoms with E-state index < -0.39 is 11.9 Å². The third-order valence-electron chi connectivity index (χ3n) is 1.38. The second kappa shape index (κ2) is 4.91. The topological polar surface area (TPSA) is 74.6 Å². The van der Waals surface area contributed by atoms with E-state index in [2.05, 4.69) is 0 Å². The van der Waals surface area contributed by atoms with Gasteiger partial charge in [-0.05, 0) is 24.3 Å². The van der Waals surface area contributed by atoms with Gasteiger partial charge in [0.1, 0.15) is 0 Å². The van der Waals surface area contributed by atoms with Crippen molar-refractivity contribution in [1.29, 1.82) is 0 Å². The normalized spacial score (nSPS) is 8.62. The standard InChI is InChI=1S/C8H6O4.In/c9-7(10)5-1-2-6(4-3-5)8(11)12;/h1-4H,(H,9,10)(H,11,12);/q;+3. The number of benzene rings is 1. The Morgan fingerprint density at radius 1 is 0.846 bits per heavy atom. The molecule has 1 aromatic rings. The average molecular weight is 281 g/mol. The summed E-state index contributed by atoms with van der Waals surface area (Å²) in [7, 11) is 0. The quantitative estimate of drug-likeness (QED) is 0.836. The molecular weight excluding hydrogens is 275 g/mol. The van der Waals surface area contributed by atoms with E-state index in [-0.39, 0.29) is 37.0 Å². The summed E-state index contributed by atoms with van der Waals surface area (Å²) in [6, 6.07) is 5.02. The Morgan fingerprint density at radius 2 is 1.08 bits per heavy atom. The van der Waals surface area contributed by atoms with Crippen molar-refractivity contribution >= 4 is 37.8 Å². The Balaban J connectivity index is 0.00000144. The van der Waals surface area contributed by atoms with E-state index in [4.69, 9.17) is 10.2 Å². The summed E-state index contributed by atoms with van der Waals surface area (Å²) in [5, 5.41) is 16.9. The number of carboxylic acid groups (broad SMARTS) is 2. The fourth-order valence-corrected chi connectivity index (χ4v) is 0.755. The minimum Gasteiger partial charge on any atom is -0.478 e. The molecule has 0 saturated carbocycles. The summed E-state index contributed by atoms with van der Waals surface area (Å²) in [6.07, 6.45) is 0. The van der Waals surface area contributed by atoms with Crippen LogP contribution < -0.4 is 0 Å². The molecule has 62 valence electrons. The second-order valence-corrected chi connectivity index (χ2v) is 2.19. The van der Waals surface area contributed by atoms with Crippen molar-refractivity contribution < 1.29 is 19.8 Å². The van der Waals surface area contributed by atoms with Gasteiger partial charge in [0.05, 0.1) is 11.1 Å². The molecule has 0 spiro atoms. The molecule has 0 unspecified atom stereocenters. The van der Waals surface area contributed by atoms with E-state index >= 15 is 0 Å². The minimum absolute atomic E-state index is 0. The van der Waals surface area contributed by atoms with Gasteiger partial charge in [0.2, 0.25) is 0 Å². The Morgan fingerprint density at radius 3 is 1.23 bits per heavy atom. The zero-order valence-electron chi connectivity index (χ0n) is 6.60. The summed E-state index contributed by atoms with van der Waals surface area (Å²) < 4.78 is 0.